The van der Waals surface area contributed by atoms with Gasteiger partial charge in [0.1, 0.15) is 0 Å². The smallest absolute Gasteiger partial charge is 0.187 e. The number of benzene rings is 2. The monoisotopic (exact) mass is 395 g/mol. The predicted octanol–water partition coefficient (Wildman–Crippen LogP) is 4.00. The Balaban J connectivity index is 1.41. The van der Waals surface area contributed by atoms with Crippen molar-refractivity contribution in [2.75, 3.05) is 18.1 Å². The van der Waals surface area contributed by atoms with Gasteiger partial charge in [-0.15, -0.1) is 11.8 Å². The lowest BCUT2D eigenvalue weighted by Gasteiger charge is -2.28. The number of anilines is 1. The second-order valence-corrected chi connectivity index (χ2v) is 8.09. The van der Waals surface area contributed by atoms with Crippen molar-refractivity contribution >= 4 is 17.4 Å². The molecule has 28 heavy (non-hydrogen) atoms. The number of aromatic nitrogens is 2. The molecule has 1 saturated heterocycles. The Bertz CT molecular complexity index is 873. The second kappa shape index (κ2) is 8.82. The number of hydrogen-bond acceptors (Lipinski definition) is 5. The van der Waals surface area contributed by atoms with Crippen LogP contribution >= 0.6 is 11.8 Å². The van der Waals surface area contributed by atoms with Gasteiger partial charge in [-0.1, -0.05) is 42.5 Å². The van der Waals surface area contributed by atoms with Crippen LogP contribution < -0.4 is 5.73 Å². The third-order valence-electron chi connectivity index (χ3n) is 4.88. The summed E-state index contributed by atoms with van der Waals surface area (Å²) in [6.45, 7) is 1.22. The number of ether oxygens (including phenoxy) is 2. The van der Waals surface area contributed by atoms with E-state index in [1.165, 1.54) is 5.56 Å². The van der Waals surface area contributed by atoms with E-state index in [-0.39, 0.29) is 6.10 Å². The first-order valence-corrected chi connectivity index (χ1v) is 10.5. The largest absolute Gasteiger partial charge is 0.398 e. The molecule has 0 bridgehead atoms. The molecular weight excluding hydrogens is 370 g/mol. The van der Waals surface area contributed by atoms with E-state index in [1.807, 2.05) is 47.4 Å². The zero-order chi connectivity index (χ0) is 19.2. The molecule has 2 atom stereocenters. The number of aryl methyl sites for hydroxylation is 1. The van der Waals surface area contributed by atoms with Gasteiger partial charge in [0, 0.05) is 35.2 Å². The minimum atomic E-state index is -0.635. The normalized spacial score (nSPS) is 21.8. The van der Waals surface area contributed by atoms with Gasteiger partial charge in [0.25, 0.3) is 0 Å². The quantitative estimate of drug-likeness (QED) is 0.461. The lowest BCUT2D eigenvalue weighted by molar-refractivity contribution is -0.180. The van der Waals surface area contributed by atoms with Crippen molar-refractivity contribution in [2.45, 2.75) is 36.2 Å². The molecule has 2 heterocycles. The summed E-state index contributed by atoms with van der Waals surface area (Å²) in [6.07, 6.45) is 7.27. The molecule has 1 aliphatic rings. The molecule has 146 valence electrons. The standard InChI is InChI=1S/C22H25N3O2S/c23-20-8-4-5-9-21(20)28-15-19-14-26-22(27-19,16-25-13-12-24-17-25)11-10-18-6-2-1-3-7-18/h1-9,12-13,17,19H,10-11,14-16,23H2/t19-,22-/m0/s1. The summed E-state index contributed by atoms with van der Waals surface area (Å²) in [5, 5.41) is 0. The fraction of sp³-hybridized carbons (Fsp3) is 0.318. The topological polar surface area (TPSA) is 62.3 Å². The van der Waals surface area contributed by atoms with Crippen LogP contribution in [0.5, 0.6) is 0 Å². The average molecular weight is 396 g/mol. The Kier molecular flexibility index (Phi) is 6.00. The number of hydrogen-bond donors (Lipinski definition) is 1. The van der Waals surface area contributed by atoms with Crippen LogP contribution in [-0.4, -0.2) is 33.8 Å². The van der Waals surface area contributed by atoms with Crippen LogP contribution in [0.2, 0.25) is 0 Å². The van der Waals surface area contributed by atoms with Gasteiger partial charge < -0.3 is 19.8 Å². The van der Waals surface area contributed by atoms with Crippen molar-refractivity contribution in [3.63, 3.8) is 0 Å². The molecule has 2 aromatic carbocycles. The van der Waals surface area contributed by atoms with Crippen molar-refractivity contribution in [3.8, 4) is 0 Å². The molecule has 0 unspecified atom stereocenters. The molecule has 0 spiro atoms. The lowest BCUT2D eigenvalue weighted by atomic mass is 10.0. The first-order valence-electron chi connectivity index (χ1n) is 9.51. The minimum absolute atomic E-state index is 0.0314. The summed E-state index contributed by atoms with van der Waals surface area (Å²) < 4.78 is 14.7. The van der Waals surface area contributed by atoms with E-state index in [0.29, 0.717) is 13.2 Å². The first-order chi connectivity index (χ1) is 13.7. The molecular formula is C22H25N3O2S. The maximum Gasteiger partial charge on any atom is 0.187 e. The highest BCUT2D eigenvalue weighted by atomic mass is 32.2. The first kappa shape index (κ1) is 19.1. The zero-order valence-electron chi connectivity index (χ0n) is 15.7. The molecule has 1 fully saturated rings. The number of thioether (sulfide) groups is 1. The molecule has 6 heteroatoms. The number of imidazole rings is 1. The van der Waals surface area contributed by atoms with E-state index >= 15 is 0 Å². The number of nitrogen functional groups attached to an aromatic ring is 1. The Labute approximate surface area is 169 Å². The highest BCUT2D eigenvalue weighted by molar-refractivity contribution is 7.99. The van der Waals surface area contributed by atoms with Crippen LogP contribution in [0, 0.1) is 0 Å². The summed E-state index contributed by atoms with van der Waals surface area (Å²) in [5.41, 5.74) is 8.15. The van der Waals surface area contributed by atoms with E-state index in [0.717, 1.165) is 29.2 Å². The molecule has 0 saturated carbocycles. The Morgan fingerprint density at radius 2 is 1.96 bits per heavy atom. The van der Waals surface area contributed by atoms with E-state index in [4.69, 9.17) is 15.2 Å². The molecule has 1 aromatic heterocycles. The number of para-hydroxylation sites is 1. The van der Waals surface area contributed by atoms with Gasteiger partial charge in [0.15, 0.2) is 5.79 Å². The van der Waals surface area contributed by atoms with Crippen LogP contribution in [0.25, 0.3) is 0 Å². The summed E-state index contributed by atoms with van der Waals surface area (Å²) in [6, 6.07) is 18.4. The highest BCUT2D eigenvalue weighted by Gasteiger charge is 2.41. The summed E-state index contributed by atoms with van der Waals surface area (Å²) >= 11 is 1.72. The molecule has 0 radical (unpaired) electrons. The fourth-order valence-corrected chi connectivity index (χ4v) is 4.36. The molecule has 4 rings (SSSR count). The van der Waals surface area contributed by atoms with Crippen LogP contribution in [0.15, 0.2) is 78.2 Å². The molecule has 0 aliphatic carbocycles. The van der Waals surface area contributed by atoms with Gasteiger partial charge in [-0.25, -0.2) is 4.98 Å². The Morgan fingerprint density at radius 3 is 2.75 bits per heavy atom. The highest BCUT2D eigenvalue weighted by Crippen LogP contribution is 2.34. The van der Waals surface area contributed by atoms with Crippen LogP contribution in [0.4, 0.5) is 5.69 Å². The van der Waals surface area contributed by atoms with Crippen molar-refractivity contribution in [1.29, 1.82) is 0 Å². The number of rotatable bonds is 8. The fourth-order valence-electron chi connectivity index (χ4n) is 3.42. The predicted molar refractivity (Wildman–Crippen MR) is 112 cm³/mol. The third-order valence-corrected chi connectivity index (χ3v) is 6.10. The van der Waals surface area contributed by atoms with E-state index < -0.39 is 5.79 Å². The van der Waals surface area contributed by atoms with Gasteiger partial charge in [0.2, 0.25) is 0 Å². The van der Waals surface area contributed by atoms with E-state index in [2.05, 4.69) is 29.2 Å². The third kappa shape index (κ3) is 4.76. The molecule has 3 aromatic rings. The maximum atomic E-state index is 6.47. The summed E-state index contributed by atoms with van der Waals surface area (Å²) in [5.74, 6) is 0.176. The summed E-state index contributed by atoms with van der Waals surface area (Å²) in [4.78, 5) is 5.24. The van der Waals surface area contributed by atoms with Gasteiger partial charge in [-0.05, 0) is 24.1 Å². The molecule has 2 N–H and O–H groups in total. The molecule has 1 aliphatic heterocycles. The van der Waals surface area contributed by atoms with Gasteiger partial charge in [-0.2, -0.15) is 0 Å². The van der Waals surface area contributed by atoms with Crippen LogP contribution in [-0.2, 0) is 22.4 Å². The second-order valence-electron chi connectivity index (χ2n) is 7.03. The minimum Gasteiger partial charge on any atom is -0.398 e. The summed E-state index contributed by atoms with van der Waals surface area (Å²) in [7, 11) is 0. The SMILES string of the molecule is Nc1ccccc1SC[C@@H]1CO[C@](CCc2ccccc2)(Cn2ccnc2)O1. The Morgan fingerprint density at radius 1 is 1.14 bits per heavy atom. The molecule has 0 amide bonds. The van der Waals surface area contributed by atoms with Gasteiger partial charge in [0.05, 0.1) is 25.6 Å². The number of nitrogens with zero attached hydrogens (tertiary/aromatic N) is 2. The average Bonchev–Trinajstić information content (AvgIpc) is 3.37. The van der Waals surface area contributed by atoms with Crippen molar-refractivity contribution in [2.24, 2.45) is 0 Å². The van der Waals surface area contributed by atoms with E-state index in [9.17, 15) is 0 Å². The maximum absolute atomic E-state index is 6.47. The van der Waals surface area contributed by atoms with Crippen molar-refractivity contribution in [3.05, 3.63) is 78.9 Å². The Hall–Kier alpha value is -2.28. The zero-order valence-corrected chi connectivity index (χ0v) is 16.6. The molecule has 5 nitrogen and oxygen atoms in total. The van der Waals surface area contributed by atoms with Gasteiger partial charge >= 0.3 is 0 Å². The lowest BCUT2D eigenvalue weighted by Crippen LogP contribution is -2.37. The van der Waals surface area contributed by atoms with Crippen molar-refractivity contribution < 1.29 is 9.47 Å². The van der Waals surface area contributed by atoms with Crippen LogP contribution in [0.1, 0.15) is 12.0 Å². The van der Waals surface area contributed by atoms with Crippen molar-refractivity contribution in [1.82, 2.24) is 9.55 Å². The van der Waals surface area contributed by atoms with Gasteiger partial charge in [-0.3, -0.25) is 0 Å². The van der Waals surface area contributed by atoms with Crippen LogP contribution in [0.3, 0.4) is 0 Å². The van der Waals surface area contributed by atoms with E-state index in [1.54, 1.807) is 18.0 Å². The number of nitrogens with two attached hydrogens (primary N) is 1.